The molecule has 0 saturated heterocycles. The molecule has 0 spiro atoms. The van der Waals surface area contributed by atoms with Crippen LogP contribution in [0, 0.1) is 0 Å². The fourth-order valence-corrected chi connectivity index (χ4v) is 4.88. The van der Waals surface area contributed by atoms with Crippen molar-refractivity contribution in [2.45, 2.75) is 11.4 Å². The molecule has 1 amide bonds. The summed E-state index contributed by atoms with van der Waals surface area (Å²) in [6.45, 7) is 3.95. The predicted octanol–water partition coefficient (Wildman–Crippen LogP) is 4.66. The molecule has 0 radical (unpaired) electrons. The first-order valence-electron chi connectivity index (χ1n) is 9.76. The van der Waals surface area contributed by atoms with E-state index in [-0.39, 0.29) is 23.5 Å². The lowest BCUT2D eigenvalue weighted by Gasteiger charge is -2.24. The molecular weight excluding hydrogens is 448 g/mol. The van der Waals surface area contributed by atoms with Crippen molar-refractivity contribution in [1.29, 1.82) is 0 Å². The van der Waals surface area contributed by atoms with Gasteiger partial charge in [-0.1, -0.05) is 48.0 Å². The van der Waals surface area contributed by atoms with Gasteiger partial charge in [0, 0.05) is 12.1 Å². The van der Waals surface area contributed by atoms with E-state index in [1.54, 1.807) is 37.4 Å². The number of ether oxygens (including phenoxy) is 1. The zero-order chi connectivity index (χ0) is 23.1. The van der Waals surface area contributed by atoms with Crippen LogP contribution in [0.1, 0.15) is 15.9 Å². The Morgan fingerprint density at radius 2 is 1.84 bits per heavy atom. The summed E-state index contributed by atoms with van der Waals surface area (Å²) in [4.78, 5) is 12.7. The summed E-state index contributed by atoms with van der Waals surface area (Å²) in [6, 6.07) is 19.9. The number of methoxy groups -OCH3 is 1. The summed E-state index contributed by atoms with van der Waals surface area (Å²) in [5.41, 5.74) is 1.42. The van der Waals surface area contributed by atoms with Crippen molar-refractivity contribution in [3.63, 3.8) is 0 Å². The van der Waals surface area contributed by atoms with Gasteiger partial charge < -0.3 is 10.1 Å². The molecule has 1 N–H and O–H groups in total. The molecule has 0 bridgehead atoms. The van der Waals surface area contributed by atoms with Crippen LogP contribution in [0.5, 0.6) is 5.75 Å². The van der Waals surface area contributed by atoms with E-state index in [4.69, 9.17) is 16.3 Å². The molecular formula is C24H23ClN2O4S. The zero-order valence-electron chi connectivity index (χ0n) is 17.5. The maximum atomic E-state index is 13.4. The minimum atomic E-state index is -3.99. The first-order valence-corrected chi connectivity index (χ1v) is 11.6. The third-order valence-electron chi connectivity index (χ3n) is 4.69. The molecule has 0 aliphatic heterocycles. The molecule has 3 rings (SSSR count). The summed E-state index contributed by atoms with van der Waals surface area (Å²) in [5, 5.41) is 3.10. The van der Waals surface area contributed by atoms with Gasteiger partial charge in [-0.05, 0) is 48.0 Å². The molecule has 3 aromatic carbocycles. The summed E-state index contributed by atoms with van der Waals surface area (Å²) in [7, 11) is -2.42. The van der Waals surface area contributed by atoms with Crippen LogP contribution < -0.4 is 14.4 Å². The molecule has 0 fully saturated rings. The fourth-order valence-electron chi connectivity index (χ4n) is 3.09. The number of sulfonamides is 1. The van der Waals surface area contributed by atoms with Gasteiger partial charge in [0.15, 0.2) is 0 Å². The van der Waals surface area contributed by atoms with E-state index in [0.29, 0.717) is 16.5 Å². The number of carbonyl (C=O) groups excluding carboxylic acids is 1. The molecule has 0 atom stereocenters. The highest BCUT2D eigenvalue weighted by Crippen LogP contribution is 2.30. The number of nitrogens with zero attached hydrogens (tertiary/aromatic N) is 1. The van der Waals surface area contributed by atoms with Crippen LogP contribution in [0.3, 0.4) is 0 Å². The van der Waals surface area contributed by atoms with Crippen molar-refractivity contribution in [3.05, 3.63) is 102 Å². The molecule has 3 aromatic rings. The molecule has 0 aliphatic carbocycles. The highest BCUT2D eigenvalue weighted by molar-refractivity contribution is 7.92. The van der Waals surface area contributed by atoms with Crippen LogP contribution in [0.2, 0.25) is 5.02 Å². The Hall–Kier alpha value is -3.29. The second kappa shape index (κ2) is 10.3. The van der Waals surface area contributed by atoms with E-state index >= 15 is 0 Å². The van der Waals surface area contributed by atoms with E-state index < -0.39 is 15.9 Å². The third-order valence-corrected chi connectivity index (χ3v) is 6.78. The first kappa shape index (κ1) is 23.4. The minimum absolute atomic E-state index is 0.0201. The largest absolute Gasteiger partial charge is 0.497 e. The van der Waals surface area contributed by atoms with Gasteiger partial charge >= 0.3 is 0 Å². The number of nitrogens with one attached hydrogen (secondary N) is 1. The molecule has 0 saturated carbocycles. The number of halogens is 1. The van der Waals surface area contributed by atoms with Crippen LogP contribution >= 0.6 is 11.6 Å². The predicted molar refractivity (Wildman–Crippen MR) is 127 cm³/mol. The number of anilines is 1. The Morgan fingerprint density at radius 3 is 2.56 bits per heavy atom. The van der Waals surface area contributed by atoms with Crippen LogP contribution in [0.25, 0.3) is 0 Å². The van der Waals surface area contributed by atoms with Crippen LogP contribution in [0.15, 0.2) is 90.3 Å². The van der Waals surface area contributed by atoms with Crippen LogP contribution in [-0.2, 0) is 16.6 Å². The standard InChI is InChI=1S/C24H23ClN2O4S/c1-3-14-27(23-13-5-4-12-22(23)25)32(29,30)21-11-7-9-19(16-21)24(28)26-17-18-8-6-10-20(15-18)31-2/h3-13,15-16H,1,14,17H2,2H3,(H,26,28). The molecule has 0 aliphatic rings. The van der Waals surface area contributed by atoms with Crippen molar-refractivity contribution in [2.75, 3.05) is 18.0 Å². The third kappa shape index (κ3) is 5.30. The summed E-state index contributed by atoms with van der Waals surface area (Å²) in [6.07, 6.45) is 1.48. The average Bonchev–Trinajstić information content (AvgIpc) is 2.81. The number of amides is 1. The quantitative estimate of drug-likeness (QED) is 0.461. The molecule has 8 heteroatoms. The van der Waals surface area contributed by atoms with Gasteiger partial charge in [0.2, 0.25) is 0 Å². The second-order valence-electron chi connectivity index (χ2n) is 6.84. The summed E-state index contributed by atoms with van der Waals surface area (Å²) < 4.78 is 33.1. The van der Waals surface area contributed by atoms with Gasteiger partial charge in [-0.3, -0.25) is 9.10 Å². The van der Waals surface area contributed by atoms with E-state index in [1.165, 1.54) is 24.3 Å². The lowest BCUT2D eigenvalue weighted by molar-refractivity contribution is 0.0950. The van der Waals surface area contributed by atoms with Gasteiger partial charge in [0.1, 0.15) is 5.75 Å². The van der Waals surface area contributed by atoms with E-state index in [0.717, 1.165) is 9.87 Å². The van der Waals surface area contributed by atoms with E-state index in [9.17, 15) is 13.2 Å². The smallest absolute Gasteiger partial charge is 0.264 e. The van der Waals surface area contributed by atoms with Crippen molar-refractivity contribution in [1.82, 2.24) is 5.32 Å². The van der Waals surface area contributed by atoms with Gasteiger partial charge in [-0.2, -0.15) is 0 Å². The average molecular weight is 471 g/mol. The van der Waals surface area contributed by atoms with Crippen molar-refractivity contribution in [2.24, 2.45) is 0 Å². The van der Waals surface area contributed by atoms with Crippen molar-refractivity contribution in [3.8, 4) is 5.75 Å². The lowest BCUT2D eigenvalue weighted by atomic mass is 10.2. The van der Waals surface area contributed by atoms with Gasteiger partial charge in [0.25, 0.3) is 15.9 Å². The molecule has 6 nitrogen and oxygen atoms in total. The number of benzene rings is 3. The monoisotopic (exact) mass is 470 g/mol. The lowest BCUT2D eigenvalue weighted by Crippen LogP contribution is -2.31. The number of para-hydroxylation sites is 1. The molecule has 32 heavy (non-hydrogen) atoms. The Labute approximate surface area is 193 Å². The first-order chi connectivity index (χ1) is 15.4. The maximum Gasteiger partial charge on any atom is 0.264 e. The van der Waals surface area contributed by atoms with Gasteiger partial charge in [0.05, 0.1) is 29.3 Å². The van der Waals surface area contributed by atoms with E-state index in [2.05, 4.69) is 11.9 Å². The van der Waals surface area contributed by atoms with Gasteiger partial charge in [-0.25, -0.2) is 8.42 Å². The molecule has 0 unspecified atom stereocenters. The topological polar surface area (TPSA) is 75.7 Å². The highest BCUT2D eigenvalue weighted by Gasteiger charge is 2.26. The zero-order valence-corrected chi connectivity index (χ0v) is 19.1. The van der Waals surface area contributed by atoms with Gasteiger partial charge in [-0.15, -0.1) is 6.58 Å². The molecule has 166 valence electrons. The SMILES string of the molecule is C=CCN(c1ccccc1Cl)S(=O)(=O)c1cccc(C(=O)NCc2cccc(OC)c2)c1. The number of carbonyl (C=O) groups is 1. The summed E-state index contributed by atoms with van der Waals surface area (Å²) >= 11 is 6.24. The Balaban J connectivity index is 1.85. The summed E-state index contributed by atoms with van der Waals surface area (Å²) in [5.74, 6) is 0.296. The highest BCUT2D eigenvalue weighted by atomic mass is 35.5. The fraction of sp³-hybridized carbons (Fsp3) is 0.125. The Morgan fingerprint density at radius 1 is 1.09 bits per heavy atom. The Bertz CT molecular complexity index is 1230. The second-order valence-corrected chi connectivity index (χ2v) is 9.11. The number of hydrogen-bond donors (Lipinski definition) is 1. The Kier molecular flexibility index (Phi) is 7.56. The minimum Gasteiger partial charge on any atom is -0.497 e. The van der Waals surface area contributed by atoms with Crippen molar-refractivity contribution < 1.29 is 17.9 Å². The van der Waals surface area contributed by atoms with Crippen LogP contribution in [-0.4, -0.2) is 28.0 Å². The molecule has 0 heterocycles. The number of hydrogen-bond acceptors (Lipinski definition) is 4. The van der Waals surface area contributed by atoms with Crippen LogP contribution in [0.4, 0.5) is 5.69 Å². The van der Waals surface area contributed by atoms with E-state index in [1.807, 2.05) is 24.3 Å². The molecule has 0 aromatic heterocycles. The maximum absolute atomic E-state index is 13.4. The van der Waals surface area contributed by atoms with Crippen molar-refractivity contribution >= 4 is 33.2 Å². The normalized spacial score (nSPS) is 10.9. The number of rotatable bonds is 9.